The summed E-state index contributed by atoms with van der Waals surface area (Å²) in [6.45, 7) is 2.14. The fourth-order valence-electron chi connectivity index (χ4n) is 2.02. The third kappa shape index (κ3) is 2.92. The predicted octanol–water partition coefficient (Wildman–Crippen LogP) is 5.73. The van der Waals surface area contributed by atoms with Gasteiger partial charge in [-0.15, -0.1) is 11.3 Å². The van der Waals surface area contributed by atoms with Crippen LogP contribution < -0.4 is 5.32 Å². The monoisotopic (exact) mass is 414 g/mol. The maximum absolute atomic E-state index is 5.98. The number of hydrogen-bond acceptors (Lipinski definition) is 3. The molecule has 1 atom stereocenters. The van der Waals surface area contributed by atoms with Crippen molar-refractivity contribution in [3.63, 3.8) is 0 Å². The van der Waals surface area contributed by atoms with E-state index in [4.69, 9.17) is 11.6 Å². The van der Waals surface area contributed by atoms with Gasteiger partial charge in [-0.3, -0.25) is 4.98 Å². The molecular formula is C15H12ClIN2S. The molecule has 20 heavy (non-hydrogen) atoms. The first-order valence-corrected chi connectivity index (χ1v) is 8.52. The number of anilines is 1. The van der Waals surface area contributed by atoms with Crippen molar-refractivity contribution >= 4 is 61.4 Å². The van der Waals surface area contributed by atoms with Crippen LogP contribution in [0.1, 0.15) is 18.5 Å². The summed E-state index contributed by atoms with van der Waals surface area (Å²) in [7, 11) is 0. The van der Waals surface area contributed by atoms with E-state index in [1.54, 1.807) is 11.3 Å². The topological polar surface area (TPSA) is 24.9 Å². The second-order valence-corrected chi connectivity index (χ2v) is 7.11. The minimum Gasteiger partial charge on any atom is -0.378 e. The molecule has 0 saturated heterocycles. The number of benzene rings is 1. The first-order chi connectivity index (χ1) is 9.63. The fraction of sp³-hybridized carbons (Fsp3) is 0.133. The summed E-state index contributed by atoms with van der Waals surface area (Å²) in [5.74, 6) is 0. The summed E-state index contributed by atoms with van der Waals surface area (Å²) in [6, 6.07) is 10.3. The number of hydrogen-bond donors (Lipinski definition) is 1. The summed E-state index contributed by atoms with van der Waals surface area (Å²) in [5, 5.41) is 6.34. The van der Waals surface area contributed by atoms with Crippen LogP contribution in [0.5, 0.6) is 0 Å². The molecule has 0 bridgehead atoms. The van der Waals surface area contributed by atoms with E-state index < -0.39 is 0 Å². The summed E-state index contributed by atoms with van der Waals surface area (Å²) < 4.78 is 2.34. The van der Waals surface area contributed by atoms with Gasteiger partial charge in [0.2, 0.25) is 0 Å². The number of thiophene rings is 1. The minimum atomic E-state index is 0.198. The second-order valence-electron chi connectivity index (χ2n) is 4.56. The van der Waals surface area contributed by atoms with Crippen molar-refractivity contribution in [2.24, 2.45) is 0 Å². The zero-order chi connectivity index (χ0) is 14.1. The zero-order valence-electron chi connectivity index (χ0n) is 10.7. The Kier molecular flexibility index (Phi) is 4.14. The van der Waals surface area contributed by atoms with Crippen LogP contribution in [-0.4, -0.2) is 4.98 Å². The smallest absolute Gasteiger partial charge is 0.0809 e. The lowest BCUT2D eigenvalue weighted by Crippen LogP contribution is -2.07. The van der Waals surface area contributed by atoms with Crippen molar-refractivity contribution in [1.29, 1.82) is 0 Å². The van der Waals surface area contributed by atoms with E-state index in [0.29, 0.717) is 0 Å². The second kappa shape index (κ2) is 5.87. The van der Waals surface area contributed by atoms with Crippen LogP contribution in [0.3, 0.4) is 0 Å². The van der Waals surface area contributed by atoms with Gasteiger partial charge in [-0.25, -0.2) is 0 Å². The molecule has 1 aromatic carbocycles. The van der Waals surface area contributed by atoms with Crippen molar-refractivity contribution in [3.05, 3.63) is 56.1 Å². The highest BCUT2D eigenvalue weighted by Crippen LogP contribution is 2.28. The molecule has 2 heterocycles. The molecule has 0 amide bonds. The highest BCUT2D eigenvalue weighted by molar-refractivity contribution is 14.1. The molecule has 0 aliphatic heterocycles. The van der Waals surface area contributed by atoms with Gasteiger partial charge in [-0.05, 0) is 70.8 Å². The van der Waals surface area contributed by atoms with Crippen molar-refractivity contribution in [3.8, 4) is 0 Å². The van der Waals surface area contributed by atoms with Gasteiger partial charge in [0.1, 0.15) is 0 Å². The molecule has 102 valence electrons. The van der Waals surface area contributed by atoms with Crippen LogP contribution in [0.15, 0.2) is 41.9 Å². The largest absolute Gasteiger partial charge is 0.378 e. The zero-order valence-corrected chi connectivity index (χ0v) is 14.5. The van der Waals surface area contributed by atoms with Crippen molar-refractivity contribution < 1.29 is 0 Å². The Morgan fingerprint density at radius 1 is 1.30 bits per heavy atom. The maximum atomic E-state index is 5.98. The molecule has 0 aliphatic rings. The van der Waals surface area contributed by atoms with E-state index in [0.717, 1.165) is 19.8 Å². The first-order valence-electron chi connectivity index (χ1n) is 6.18. The first kappa shape index (κ1) is 14.1. The lowest BCUT2D eigenvalue weighted by atomic mass is 10.1. The van der Waals surface area contributed by atoms with Gasteiger partial charge in [0.05, 0.1) is 16.3 Å². The van der Waals surface area contributed by atoms with E-state index in [-0.39, 0.29) is 6.04 Å². The molecule has 0 fully saturated rings. The van der Waals surface area contributed by atoms with Crippen LogP contribution in [-0.2, 0) is 0 Å². The lowest BCUT2D eigenvalue weighted by molar-refractivity contribution is 0.879. The fourth-order valence-corrected chi connectivity index (χ4v) is 3.84. The van der Waals surface area contributed by atoms with E-state index in [1.807, 2.05) is 30.5 Å². The third-order valence-corrected chi connectivity index (χ3v) is 5.11. The highest BCUT2D eigenvalue weighted by Gasteiger charge is 2.09. The van der Waals surface area contributed by atoms with Crippen molar-refractivity contribution in [2.75, 3.05) is 5.32 Å². The third-order valence-electron chi connectivity index (χ3n) is 3.13. The van der Waals surface area contributed by atoms with Crippen molar-refractivity contribution in [2.45, 2.75) is 13.0 Å². The number of rotatable bonds is 3. The maximum Gasteiger partial charge on any atom is 0.0809 e. The van der Waals surface area contributed by atoms with Gasteiger partial charge in [0, 0.05) is 20.5 Å². The molecule has 3 aromatic rings. The number of fused-ring (bicyclic) bond motifs is 1. The molecule has 1 unspecified atom stereocenters. The predicted molar refractivity (Wildman–Crippen MR) is 95.8 cm³/mol. The van der Waals surface area contributed by atoms with Crippen LogP contribution in [0.25, 0.3) is 10.2 Å². The van der Waals surface area contributed by atoms with E-state index in [9.17, 15) is 0 Å². The van der Waals surface area contributed by atoms with Crippen LogP contribution >= 0.6 is 45.5 Å². The van der Waals surface area contributed by atoms with Crippen LogP contribution in [0, 0.1) is 3.57 Å². The molecule has 0 aliphatic carbocycles. The Morgan fingerprint density at radius 2 is 2.15 bits per heavy atom. The molecule has 0 spiro atoms. The standard InChI is InChI=1S/C15H12ClIN2S/c1-9(19-13-3-2-11(16)7-12(13)17)10-6-15-14(18-8-10)4-5-20-15/h2-9,19H,1H3. The van der Waals surface area contributed by atoms with E-state index in [2.05, 4.69) is 51.3 Å². The van der Waals surface area contributed by atoms with Gasteiger partial charge in [-0.2, -0.15) is 0 Å². The number of nitrogens with one attached hydrogen (secondary N) is 1. The Hall–Kier alpha value is -0.850. The number of halogens is 2. The molecule has 1 N–H and O–H groups in total. The Bertz CT molecular complexity index is 756. The van der Waals surface area contributed by atoms with Crippen LogP contribution in [0.4, 0.5) is 5.69 Å². The number of pyridine rings is 1. The molecule has 3 rings (SSSR count). The van der Waals surface area contributed by atoms with E-state index in [1.165, 1.54) is 10.3 Å². The molecule has 0 saturated carbocycles. The highest BCUT2D eigenvalue weighted by atomic mass is 127. The molecule has 2 aromatic heterocycles. The average Bonchev–Trinajstić information content (AvgIpc) is 2.89. The van der Waals surface area contributed by atoms with Gasteiger partial charge < -0.3 is 5.32 Å². The van der Waals surface area contributed by atoms with Gasteiger partial charge >= 0.3 is 0 Å². The Labute approximate surface area is 140 Å². The lowest BCUT2D eigenvalue weighted by Gasteiger charge is -2.17. The molecule has 5 heteroatoms. The quantitative estimate of drug-likeness (QED) is 0.554. The van der Waals surface area contributed by atoms with Crippen LogP contribution in [0.2, 0.25) is 5.02 Å². The Morgan fingerprint density at radius 3 is 2.95 bits per heavy atom. The molecular weight excluding hydrogens is 403 g/mol. The summed E-state index contributed by atoms with van der Waals surface area (Å²) >= 11 is 9.99. The van der Waals surface area contributed by atoms with Crippen molar-refractivity contribution in [1.82, 2.24) is 4.98 Å². The number of aromatic nitrogens is 1. The Balaban J connectivity index is 1.86. The normalized spacial score (nSPS) is 12.6. The van der Waals surface area contributed by atoms with Gasteiger partial charge in [0.15, 0.2) is 0 Å². The molecule has 0 radical (unpaired) electrons. The summed E-state index contributed by atoms with van der Waals surface area (Å²) in [4.78, 5) is 4.49. The van der Waals surface area contributed by atoms with E-state index >= 15 is 0 Å². The SMILES string of the molecule is CC(Nc1ccc(Cl)cc1I)c1cnc2ccsc2c1. The average molecular weight is 415 g/mol. The summed E-state index contributed by atoms with van der Waals surface area (Å²) in [6.07, 6.45) is 1.94. The minimum absolute atomic E-state index is 0.198. The molecule has 2 nitrogen and oxygen atoms in total. The van der Waals surface area contributed by atoms with Gasteiger partial charge in [0.25, 0.3) is 0 Å². The number of nitrogens with zero attached hydrogens (tertiary/aromatic N) is 1. The van der Waals surface area contributed by atoms with Gasteiger partial charge in [-0.1, -0.05) is 11.6 Å². The summed E-state index contributed by atoms with van der Waals surface area (Å²) in [5.41, 5.74) is 3.34.